The van der Waals surface area contributed by atoms with E-state index in [0.29, 0.717) is 6.04 Å². The molecule has 3 rings (SSSR count). The largest absolute Gasteiger partial charge is 0.382 e. The number of rotatable bonds is 0. The van der Waals surface area contributed by atoms with Crippen molar-refractivity contribution in [2.45, 2.75) is 12.5 Å². The summed E-state index contributed by atoms with van der Waals surface area (Å²) in [7, 11) is 0. The quantitative estimate of drug-likeness (QED) is 0.766. The number of nitrogens with zero attached hydrogens (tertiary/aromatic N) is 1. The van der Waals surface area contributed by atoms with Gasteiger partial charge in [0, 0.05) is 30.6 Å². The molecule has 0 aromatic heterocycles. The van der Waals surface area contributed by atoms with Gasteiger partial charge in [-0.05, 0) is 18.6 Å². The zero-order valence-corrected chi connectivity index (χ0v) is 10.7. The van der Waals surface area contributed by atoms with Gasteiger partial charge in [0.25, 0.3) is 0 Å². The minimum atomic E-state index is 0.672. The van der Waals surface area contributed by atoms with E-state index >= 15 is 0 Å². The number of para-hydroxylation sites is 1. The smallest absolute Gasteiger partial charge is 0.0767 e. The monoisotopic (exact) mass is 254 g/mol. The third-order valence-corrected chi connectivity index (χ3v) is 4.71. The molecule has 2 aliphatic heterocycles. The molecular formula is C12H15ClN2S. The number of anilines is 2. The predicted octanol–water partition coefficient (Wildman–Crippen LogP) is 3.08. The molecule has 0 spiro atoms. The van der Waals surface area contributed by atoms with E-state index in [0.717, 1.165) is 23.8 Å². The molecule has 1 unspecified atom stereocenters. The highest BCUT2D eigenvalue weighted by Crippen LogP contribution is 2.38. The molecule has 4 heteroatoms. The van der Waals surface area contributed by atoms with Crippen molar-refractivity contribution in [3.63, 3.8) is 0 Å². The minimum Gasteiger partial charge on any atom is -0.382 e. The first-order valence-electron chi connectivity index (χ1n) is 5.73. The SMILES string of the molecule is Clc1cccc2c1NCCC1CSCCN21. The van der Waals surface area contributed by atoms with Gasteiger partial charge in [-0.2, -0.15) is 11.8 Å². The van der Waals surface area contributed by atoms with E-state index < -0.39 is 0 Å². The molecule has 1 N–H and O–H groups in total. The van der Waals surface area contributed by atoms with E-state index in [1.807, 2.05) is 12.1 Å². The van der Waals surface area contributed by atoms with Gasteiger partial charge in [0.2, 0.25) is 0 Å². The summed E-state index contributed by atoms with van der Waals surface area (Å²) in [6, 6.07) is 6.87. The molecule has 16 heavy (non-hydrogen) atoms. The van der Waals surface area contributed by atoms with E-state index in [1.54, 1.807) is 0 Å². The van der Waals surface area contributed by atoms with Gasteiger partial charge in [0.1, 0.15) is 0 Å². The molecule has 2 aliphatic rings. The lowest BCUT2D eigenvalue weighted by Crippen LogP contribution is -2.42. The van der Waals surface area contributed by atoms with Gasteiger partial charge in [-0.1, -0.05) is 17.7 Å². The molecule has 0 saturated carbocycles. The fourth-order valence-electron chi connectivity index (χ4n) is 2.50. The van der Waals surface area contributed by atoms with Crippen LogP contribution in [0.15, 0.2) is 18.2 Å². The average molecular weight is 255 g/mol. The Bertz CT molecular complexity index is 397. The fourth-order valence-corrected chi connectivity index (χ4v) is 3.85. The molecule has 1 atom stereocenters. The molecule has 1 aromatic carbocycles. The number of fused-ring (bicyclic) bond motifs is 3. The highest BCUT2D eigenvalue weighted by atomic mass is 35.5. The van der Waals surface area contributed by atoms with Crippen LogP contribution in [-0.4, -0.2) is 30.6 Å². The van der Waals surface area contributed by atoms with Crippen molar-refractivity contribution in [2.75, 3.05) is 34.8 Å². The van der Waals surface area contributed by atoms with E-state index in [-0.39, 0.29) is 0 Å². The number of hydrogen-bond acceptors (Lipinski definition) is 3. The van der Waals surface area contributed by atoms with Gasteiger partial charge in [-0.15, -0.1) is 0 Å². The molecular weight excluding hydrogens is 240 g/mol. The summed E-state index contributed by atoms with van der Waals surface area (Å²) in [6.45, 7) is 2.17. The van der Waals surface area contributed by atoms with E-state index in [9.17, 15) is 0 Å². The number of thioether (sulfide) groups is 1. The maximum absolute atomic E-state index is 6.25. The third-order valence-electron chi connectivity index (χ3n) is 3.31. The van der Waals surface area contributed by atoms with Crippen LogP contribution in [0, 0.1) is 0 Å². The summed E-state index contributed by atoms with van der Waals surface area (Å²) in [5, 5.41) is 4.31. The molecule has 1 aromatic rings. The van der Waals surface area contributed by atoms with Crippen LogP contribution in [-0.2, 0) is 0 Å². The lowest BCUT2D eigenvalue weighted by atomic mass is 10.2. The Labute approximate surface area is 105 Å². The Morgan fingerprint density at radius 3 is 3.31 bits per heavy atom. The second-order valence-corrected chi connectivity index (χ2v) is 5.83. The van der Waals surface area contributed by atoms with Gasteiger partial charge >= 0.3 is 0 Å². The standard InChI is InChI=1S/C12H15ClN2S/c13-10-2-1-3-11-12(10)14-5-4-9-8-16-7-6-15(9)11/h1-3,9,14H,4-8H2. The highest BCUT2D eigenvalue weighted by Gasteiger charge is 2.27. The lowest BCUT2D eigenvalue weighted by Gasteiger charge is -2.36. The van der Waals surface area contributed by atoms with E-state index in [4.69, 9.17) is 11.6 Å². The average Bonchev–Trinajstić information content (AvgIpc) is 2.50. The van der Waals surface area contributed by atoms with Crippen LogP contribution in [0.4, 0.5) is 11.4 Å². The molecule has 1 fully saturated rings. The molecule has 2 heterocycles. The predicted molar refractivity (Wildman–Crippen MR) is 73.0 cm³/mol. The van der Waals surface area contributed by atoms with Crippen molar-refractivity contribution >= 4 is 34.7 Å². The van der Waals surface area contributed by atoms with Crippen molar-refractivity contribution in [1.29, 1.82) is 0 Å². The molecule has 0 aliphatic carbocycles. The van der Waals surface area contributed by atoms with Crippen LogP contribution in [0.1, 0.15) is 6.42 Å². The minimum absolute atomic E-state index is 0.672. The topological polar surface area (TPSA) is 15.3 Å². The molecule has 2 nitrogen and oxygen atoms in total. The number of hydrogen-bond donors (Lipinski definition) is 1. The first-order chi connectivity index (χ1) is 7.86. The van der Waals surface area contributed by atoms with Crippen LogP contribution >= 0.6 is 23.4 Å². The van der Waals surface area contributed by atoms with E-state index in [2.05, 4.69) is 28.0 Å². The Kier molecular flexibility index (Phi) is 2.90. The molecule has 0 amide bonds. The summed E-state index contributed by atoms with van der Waals surface area (Å²) in [4.78, 5) is 2.53. The van der Waals surface area contributed by atoms with Crippen LogP contribution in [0.5, 0.6) is 0 Å². The summed E-state index contributed by atoms with van der Waals surface area (Å²) < 4.78 is 0. The number of nitrogens with one attached hydrogen (secondary N) is 1. The third kappa shape index (κ3) is 1.76. The summed E-state index contributed by atoms with van der Waals surface area (Å²) in [5.41, 5.74) is 2.41. The van der Waals surface area contributed by atoms with Crippen molar-refractivity contribution in [3.8, 4) is 0 Å². The Morgan fingerprint density at radius 2 is 2.38 bits per heavy atom. The number of benzene rings is 1. The highest BCUT2D eigenvalue weighted by molar-refractivity contribution is 7.99. The second kappa shape index (κ2) is 4.38. The van der Waals surface area contributed by atoms with Gasteiger partial charge in [0.05, 0.1) is 16.4 Å². The molecule has 1 saturated heterocycles. The van der Waals surface area contributed by atoms with Crippen LogP contribution in [0.3, 0.4) is 0 Å². The summed E-state index contributed by atoms with van der Waals surface area (Å²) in [6.07, 6.45) is 1.21. The maximum Gasteiger partial charge on any atom is 0.0767 e. The van der Waals surface area contributed by atoms with Gasteiger partial charge in [0.15, 0.2) is 0 Å². The van der Waals surface area contributed by atoms with Crippen molar-refractivity contribution in [1.82, 2.24) is 0 Å². The van der Waals surface area contributed by atoms with Crippen molar-refractivity contribution < 1.29 is 0 Å². The van der Waals surface area contributed by atoms with Crippen LogP contribution in [0.2, 0.25) is 5.02 Å². The van der Waals surface area contributed by atoms with E-state index in [1.165, 1.54) is 23.6 Å². The Balaban J connectivity index is 2.04. The molecule has 0 radical (unpaired) electrons. The van der Waals surface area contributed by atoms with Gasteiger partial charge in [-0.25, -0.2) is 0 Å². The zero-order chi connectivity index (χ0) is 11.0. The van der Waals surface area contributed by atoms with Crippen LogP contribution in [0.25, 0.3) is 0 Å². The van der Waals surface area contributed by atoms with Crippen LogP contribution < -0.4 is 10.2 Å². The first kappa shape index (κ1) is 10.6. The maximum atomic E-state index is 6.25. The lowest BCUT2D eigenvalue weighted by molar-refractivity contribution is 0.625. The molecule has 86 valence electrons. The molecule has 0 bridgehead atoms. The summed E-state index contributed by atoms with van der Waals surface area (Å²) >= 11 is 8.32. The van der Waals surface area contributed by atoms with Crippen molar-refractivity contribution in [3.05, 3.63) is 23.2 Å². The second-order valence-electron chi connectivity index (χ2n) is 4.27. The Hall–Kier alpha value is -0.540. The normalized spacial score (nSPS) is 24.1. The van der Waals surface area contributed by atoms with Crippen molar-refractivity contribution in [2.24, 2.45) is 0 Å². The van der Waals surface area contributed by atoms with Gasteiger partial charge in [-0.3, -0.25) is 0 Å². The van der Waals surface area contributed by atoms with Gasteiger partial charge < -0.3 is 10.2 Å². The fraction of sp³-hybridized carbons (Fsp3) is 0.500. The zero-order valence-electron chi connectivity index (χ0n) is 9.08. The Morgan fingerprint density at radius 1 is 1.44 bits per heavy atom. The summed E-state index contributed by atoms with van der Waals surface area (Å²) in [5.74, 6) is 2.47. The first-order valence-corrected chi connectivity index (χ1v) is 7.26. The number of halogens is 1.